The van der Waals surface area contributed by atoms with Gasteiger partial charge in [0.25, 0.3) is 0 Å². The van der Waals surface area contributed by atoms with Gasteiger partial charge in [-0.25, -0.2) is 8.42 Å². The second-order valence-electron chi connectivity index (χ2n) is 16.8. The molecule has 0 heterocycles. The summed E-state index contributed by atoms with van der Waals surface area (Å²) in [5.41, 5.74) is 2.36. The number of aliphatic hydroxyl groups is 2. The number of ether oxygens (including phenoxy) is 1. The summed E-state index contributed by atoms with van der Waals surface area (Å²) in [6.07, 6.45) is 10.6. The summed E-state index contributed by atoms with van der Waals surface area (Å²) in [6.45, 7) is 9.39. The van der Waals surface area contributed by atoms with Crippen LogP contribution in [0, 0.1) is 28.6 Å². The van der Waals surface area contributed by atoms with Gasteiger partial charge in [-0.1, -0.05) is 44.6 Å². The number of benzene rings is 2. The van der Waals surface area contributed by atoms with Crippen LogP contribution in [-0.2, 0) is 16.4 Å². The van der Waals surface area contributed by atoms with E-state index in [-0.39, 0.29) is 29.6 Å². The maximum absolute atomic E-state index is 14.3. The van der Waals surface area contributed by atoms with Gasteiger partial charge in [-0.3, -0.25) is 4.79 Å². The number of ketones is 1. The summed E-state index contributed by atoms with van der Waals surface area (Å²) >= 11 is 0. The molecule has 6 aliphatic rings. The highest BCUT2D eigenvalue weighted by molar-refractivity contribution is 7.88. The Morgan fingerprint density at radius 3 is 2.41 bits per heavy atom. The van der Waals surface area contributed by atoms with Gasteiger partial charge in [0, 0.05) is 29.6 Å². The van der Waals surface area contributed by atoms with Gasteiger partial charge in [-0.2, -0.15) is 4.31 Å². The van der Waals surface area contributed by atoms with Crippen LogP contribution in [0.3, 0.4) is 0 Å². The number of carbonyl (C=O) groups is 1. The molecule has 4 bridgehead atoms. The number of hydrogen-bond acceptors (Lipinski definition) is 6. The van der Waals surface area contributed by atoms with E-state index in [1.54, 1.807) is 35.7 Å². The van der Waals surface area contributed by atoms with Crippen LogP contribution in [0.5, 0.6) is 5.75 Å². The van der Waals surface area contributed by atoms with E-state index in [4.69, 9.17) is 4.74 Å². The Morgan fingerprint density at radius 1 is 1.02 bits per heavy atom. The Morgan fingerprint density at radius 2 is 1.76 bits per heavy atom. The fourth-order valence-electron chi connectivity index (χ4n) is 10.1. The maximum atomic E-state index is 14.3. The van der Waals surface area contributed by atoms with Crippen molar-refractivity contribution in [1.82, 2.24) is 4.31 Å². The van der Waals surface area contributed by atoms with Crippen molar-refractivity contribution < 1.29 is 28.2 Å². The van der Waals surface area contributed by atoms with Crippen LogP contribution in [0.2, 0.25) is 0 Å². The van der Waals surface area contributed by atoms with E-state index >= 15 is 0 Å². The van der Waals surface area contributed by atoms with Gasteiger partial charge in [-0.05, 0) is 142 Å². The third-order valence-electron chi connectivity index (χ3n) is 13.6. The van der Waals surface area contributed by atoms with Crippen molar-refractivity contribution in [1.29, 1.82) is 0 Å². The summed E-state index contributed by atoms with van der Waals surface area (Å²) in [6, 6.07) is 13.1. The van der Waals surface area contributed by atoms with Crippen molar-refractivity contribution in [2.45, 2.75) is 110 Å². The third kappa shape index (κ3) is 6.92. The number of nitrogens with zero attached hydrogens (tertiary/aromatic N) is 1. The van der Waals surface area contributed by atoms with E-state index in [9.17, 15) is 23.4 Å². The molecular formula is C41H57NO6S. The molecule has 2 aromatic rings. The highest BCUT2D eigenvalue weighted by atomic mass is 32.2. The Bertz CT molecular complexity index is 1680. The molecule has 2 aromatic carbocycles. The zero-order valence-electron chi connectivity index (χ0n) is 30.4. The highest BCUT2D eigenvalue weighted by Crippen LogP contribution is 2.62. The molecule has 0 aliphatic heterocycles. The smallest absolute Gasteiger partial charge is 0.211 e. The van der Waals surface area contributed by atoms with Gasteiger partial charge >= 0.3 is 0 Å². The zero-order chi connectivity index (χ0) is 35.4. The molecule has 7 nitrogen and oxygen atoms in total. The van der Waals surface area contributed by atoms with E-state index in [1.807, 2.05) is 18.2 Å². The highest BCUT2D eigenvalue weighted by Gasteiger charge is 2.59. The molecule has 4 fully saturated rings. The van der Waals surface area contributed by atoms with Crippen LogP contribution in [0.25, 0.3) is 0 Å². The van der Waals surface area contributed by atoms with E-state index in [0.29, 0.717) is 61.4 Å². The maximum Gasteiger partial charge on any atom is 0.211 e. The molecule has 7 atom stereocenters. The standard InChI is InChI=1S/C41H57NO6S/c1-27-8-7-20-40(4)36(19-21-41(40,45)26-42(49(6,46)47)25-30-11-14-31-24-37(30)39(31,2)3)34-18-10-28(22-32(43)15-9-27)23-35(34)38(44)29-12-16-33(48-5)17-13-29/h8,10,12-13,16-18,23,30-32,36-37,43,45H,7,9,11,14-15,19-22,24-26H2,1-6H3/t30-,31-,32-,36-,37-,40-,41+/m0/s1. The SMILES string of the molecule is COc1ccc(C(=O)c2cc3ccc2[C@@H]2CC[C@@](O)(CN(C[C@@H]4CC[C@H]5C[C@@H]4C5(C)C)S(C)(=O)=O)[C@@]2(C)CCC=C(C)CC[C@H](O)C3)cc1. The largest absolute Gasteiger partial charge is 0.497 e. The summed E-state index contributed by atoms with van der Waals surface area (Å²) < 4.78 is 33.9. The van der Waals surface area contributed by atoms with Crippen LogP contribution in [0.15, 0.2) is 54.1 Å². The fraction of sp³-hybridized carbons (Fsp3) is 0.634. The lowest BCUT2D eigenvalue weighted by Crippen LogP contribution is -2.58. The van der Waals surface area contributed by atoms with Crippen LogP contribution in [0.4, 0.5) is 0 Å². The first kappa shape index (κ1) is 36.3. The molecule has 0 amide bonds. The number of sulfonamides is 1. The number of hydrogen-bond donors (Lipinski definition) is 2. The van der Waals surface area contributed by atoms with Crippen molar-refractivity contribution in [3.63, 3.8) is 0 Å². The van der Waals surface area contributed by atoms with Crippen molar-refractivity contribution in [3.8, 4) is 5.75 Å². The van der Waals surface area contributed by atoms with Crippen molar-refractivity contribution in [3.05, 3.63) is 76.4 Å². The van der Waals surface area contributed by atoms with E-state index in [1.165, 1.54) is 18.2 Å². The van der Waals surface area contributed by atoms with Crippen molar-refractivity contribution >= 4 is 15.8 Å². The Labute approximate surface area is 294 Å². The monoisotopic (exact) mass is 691 g/mol. The summed E-state index contributed by atoms with van der Waals surface area (Å²) in [5, 5.41) is 23.8. The van der Waals surface area contributed by atoms with Gasteiger partial charge in [0.15, 0.2) is 5.78 Å². The summed E-state index contributed by atoms with van der Waals surface area (Å²) in [7, 11) is -2.00. The second-order valence-corrected chi connectivity index (χ2v) is 18.7. The van der Waals surface area contributed by atoms with Crippen LogP contribution < -0.4 is 4.74 Å². The molecule has 6 aliphatic carbocycles. The first-order valence-electron chi connectivity index (χ1n) is 18.4. The van der Waals surface area contributed by atoms with Crippen molar-refractivity contribution in [2.24, 2.45) is 28.6 Å². The molecule has 4 saturated carbocycles. The predicted octanol–water partition coefficient (Wildman–Crippen LogP) is 7.30. The molecule has 0 saturated heterocycles. The van der Waals surface area contributed by atoms with E-state index in [2.05, 4.69) is 33.8 Å². The quantitative estimate of drug-likeness (QED) is 0.223. The normalized spacial score (nSPS) is 32.9. The van der Waals surface area contributed by atoms with Gasteiger partial charge in [0.05, 0.1) is 25.1 Å². The van der Waals surface area contributed by atoms with Crippen molar-refractivity contribution in [2.75, 3.05) is 26.5 Å². The molecule has 268 valence electrons. The molecule has 0 unspecified atom stereocenters. The minimum atomic E-state index is -3.60. The first-order chi connectivity index (χ1) is 23.1. The molecule has 8 heteroatoms. The van der Waals surface area contributed by atoms with E-state index in [0.717, 1.165) is 42.7 Å². The average molecular weight is 692 g/mol. The lowest BCUT2D eigenvalue weighted by Gasteiger charge is -2.60. The second kappa shape index (κ2) is 13.6. The molecule has 49 heavy (non-hydrogen) atoms. The number of aliphatic hydroxyl groups excluding tert-OH is 1. The topological polar surface area (TPSA) is 104 Å². The van der Waals surface area contributed by atoms with Gasteiger partial charge < -0.3 is 14.9 Å². The Hall–Kier alpha value is -2.52. The molecular weight excluding hydrogens is 635 g/mol. The fourth-order valence-corrected chi connectivity index (χ4v) is 11.1. The molecule has 8 rings (SSSR count). The molecule has 0 spiro atoms. The number of carbonyl (C=O) groups excluding carboxylic acids is 1. The molecule has 2 N–H and O–H groups in total. The molecule has 0 aromatic heterocycles. The lowest BCUT2D eigenvalue weighted by molar-refractivity contribution is -0.114. The Kier molecular flexibility index (Phi) is 10.0. The Balaban J connectivity index is 1.39. The average Bonchev–Trinajstić information content (AvgIpc) is 3.31. The number of fused-ring (bicyclic) bond motifs is 10. The zero-order valence-corrected chi connectivity index (χ0v) is 31.2. The number of methoxy groups -OCH3 is 1. The van der Waals surface area contributed by atoms with Crippen LogP contribution in [0.1, 0.15) is 118 Å². The minimum Gasteiger partial charge on any atom is -0.497 e. The third-order valence-corrected chi connectivity index (χ3v) is 14.8. The lowest BCUT2D eigenvalue weighted by atomic mass is 9.45. The summed E-state index contributed by atoms with van der Waals surface area (Å²) in [5.74, 6) is 1.91. The van der Waals surface area contributed by atoms with E-state index < -0.39 is 27.1 Å². The summed E-state index contributed by atoms with van der Waals surface area (Å²) in [4.78, 5) is 14.3. The number of allylic oxidation sites excluding steroid dienone is 2. The molecule has 0 radical (unpaired) electrons. The van der Waals surface area contributed by atoms with Gasteiger partial charge in [0.2, 0.25) is 10.0 Å². The number of rotatable bonds is 8. The van der Waals surface area contributed by atoms with Gasteiger partial charge in [0.1, 0.15) is 5.75 Å². The minimum absolute atomic E-state index is 0.0562. The van der Waals surface area contributed by atoms with Gasteiger partial charge in [-0.15, -0.1) is 0 Å². The first-order valence-corrected chi connectivity index (χ1v) is 20.2. The van der Waals surface area contributed by atoms with Crippen LogP contribution >= 0.6 is 0 Å². The van der Waals surface area contributed by atoms with Crippen LogP contribution in [-0.4, -0.2) is 66.9 Å². The predicted molar refractivity (Wildman–Crippen MR) is 194 cm³/mol.